The van der Waals surface area contributed by atoms with Crippen molar-refractivity contribution in [2.45, 2.75) is 24.9 Å². The fourth-order valence-corrected chi connectivity index (χ4v) is 2.15. The molecule has 1 amide bonds. The summed E-state index contributed by atoms with van der Waals surface area (Å²) < 4.78 is 51.9. The summed E-state index contributed by atoms with van der Waals surface area (Å²) in [5, 5.41) is 2.46. The third-order valence-electron chi connectivity index (χ3n) is 3.19. The molecule has 2 rings (SSSR count). The van der Waals surface area contributed by atoms with Crippen LogP contribution in [-0.2, 0) is 11.3 Å². The van der Waals surface area contributed by atoms with Gasteiger partial charge in [0.1, 0.15) is 0 Å². The van der Waals surface area contributed by atoms with Gasteiger partial charge < -0.3 is 4.90 Å². The van der Waals surface area contributed by atoms with E-state index in [4.69, 9.17) is 0 Å². The highest BCUT2D eigenvalue weighted by Crippen LogP contribution is 2.26. The number of nitrogens with one attached hydrogen (secondary N) is 1. The molecule has 21 heavy (non-hydrogen) atoms. The van der Waals surface area contributed by atoms with E-state index in [0.717, 1.165) is 12.1 Å². The van der Waals surface area contributed by atoms with Crippen LogP contribution in [0.1, 0.15) is 12.0 Å². The van der Waals surface area contributed by atoms with Crippen molar-refractivity contribution in [3.63, 3.8) is 0 Å². The van der Waals surface area contributed by atoms with Crippen LogP contribution in [0.3, 0.4) is 0 Å². The van der Waals surface area contributed by atoms with Crippen LogP contribution in [0.5, 0.6) is 0 Å². The van der Waals surface area contributed by atoms with Crippen LogP contribution in [-0.4, -0.2) is 36.4 Å². The van der Waals surface area contributed by atoms with Gasteiger partial charge in [-0.3, -0.25) is 10.1 Å². The summed E-state index contributed by atoms with van der Waals surface area (Å²) >= 11 is 0. The van der Waals surface area contributed by atoms with Crippen LogP contribution in [0.15, 0.2) is 18.2 Å². The summed E-state index contributed by atoms with van der Waals surface area (Å²) in [6, 6.07) is 2.35. The van der Waals surface area contributed by atoms with E-state index in [1.807, 2.05) is 0 Å². The highest BCUT2D eigenvalue weighted by atomic mass is 35.5. The predicted octanol–water partition coefficient (Wildman–Crippen LogP) is 2.34. The molecular formula is C13H15ClF4N2O. The van der Waals surface area contributed by atoms with E-state index in [9.17, 15) is 22.4 Å². The second kappa shape index (κ2) is 6.62. The zero-order valence-corrected chi connectivity index (χ0v) is 12.0. The quantitative estimate of drug-likeness (QED) is 0.865. The predicted molar refractivity (Wildman–Crippen MR) is 71.4 cm³/mol. The molecule has 1 aromatic rings. The molecule has 8 heteroatoms. The first-order chi connectivity index (χ1) is 9.28. The zero-order chi connectivity index (χ0) is 14.9. The molecule has 1 aliphatic heterocycles. The molecule has 0 radical (unpaired) electrons. The van der Waals surface area contributed by atoms with Gasteiger partial charge in [0.15, 0.2) is 11.6 Å². The van der Waals surface area contributed by atoms with Crippen LogP contribution in [0.4, 0.5) is 17.6 Å². The molecule has 1 heterocycles. The second-order valence-electron chi connectivity index (χ2n) is 4.94. The van der Waals surface area contributed by atoms with Gasteiger partial charge in [-0.15, -0.1) is 12.4 Å². The number of hydrogen-bond donors (Lipinski definition) is 1. The molecule has 1 aromatic carbocycles. The third-order valence-corrected chi connectivity index (χ3v) is 3.19. The first-order valence-electron chi connectivity index (χ1n) is 6.08. The summed E-state index contributed by atoms with van der Waals surface area (Å²) in [7, 11) is 1.43. The van der Waals surface area contributed by atoms with Crippen molar-refractivity contribution in [2.24, 2.45) is 0 Å². The van der Waals surface area contributed by atoms with E-state index in [2.05, 4.69) is 5.32 Å². The van der Waals surface area contributed by atoms with Crippen molar-refractivity contribution in [1.82, 2.24) is 10.2 Å². The van der Waals surface area contributed by atoms with Crippen molar-refractivity contribution in [3.05, 3.63) is 35.4 Å². The average Bonchev–Trinajstić information content (AvgIpc) is 2.73. The maximum absolute atomic E-state index is 13.0. The Morgan fingerprint density at radius 1 is 1.38 bits per heavy atom. The first kappa shape index (κ1) is 17.7. The third kappa shape index (κ3) is 4.31. The first-order valence-corrected chi connectivity index (χ1v) is 6.08. The van der Waals surface area contributed by atoms with Crippen molar-refractivity contribution >= 4 is 18.3 Å². The van der Waals surface area contributed by atoms with Gasteiger partial charge in [-0.05, 0) is 17.7 Å². The molecular weight excluding hydrogens is 312 g/mol. The number of benzene rings is 1. The summed E-state index contributed by atoms with van der Waals surface area (Å²) in [6.45, 7) is -0.498. The minimum absolute atomic E-state index is 0. The Balaban J connectivity index is 0.00000220. The Labute approximate surface area is 125 Å². The Morgan fingerprint density at radius 2 is 2.05 bits per heavy atom. The lowest BCUT2D eigenvalue weighted by Gasteiger charge is -2.21. The highest BCUT2D eigenvalue weighted by Gasteiger charge is 2.43. The van der Waals surface area contributed by atoms with Gasteiger partial charge in [0.05, 0.1) is 12.6 Å². The van der Waals surface area contributed by atoms with Gasteiger partial charge in [0.2, 0.25) is 5.91 Å². The molecule has 3 nitrogen and oxygen atoms in total. The maximum Gasteiger partial charge on any atom is 0.262 e. The number of rotatable bonds is 3. The largest absolute Gasteiger partial charge is 0.340 e. The molecule has 1 saturated heterocycles. The van der Waals surface area contributed by atoms with Crippen LogP contribution in [0.25, 0.3) is 0 Å². The number of carbonyl (C=O) groups excluding carboxylic acids is 1. The number of nitrogens with zero attached hydrogens (tertiary/aromatic N) is 1. The molecule has 0 bridgehead atoms. The monoisotopic (exact) mass is 326 g/mol. The van der Waals surface area contributed by atoms with Gasteiger partial charge in [0, 0.05) is 20.0 Å². The molecule has 0 saturated carbocycles. The Kier molecular flexibility index (Phi) is 5.58. The van der Waals surface area contributed by atoms with Crippen molar-refractivity contribution in [1.29, 1.82) is 0 Å². The fourth-order valence-electron chi connectivity index (χ4n) is 2.15. The number of amides is 1. The van der Waals surface area contributed by atoms with Crippen LogP contribution >= 0.6 is 12.4 Å². The van der Waals surface area contributed by atoms with Gasteiger partial charge in [-0.25, -0.2) is 17.6 Å². The van der Waals surface area contributed by atoms with E-state index in [1.54, 1.807) is 0 Å². The number of halogens is 5. The minimum atomic E-state index is -2.89. The molecule has 1 N–H and O–H groups in total. The Morgan fingerprint density at radius 3 is 2.57 bits per heavy atom. The fraction of sp³-hybridized carbons (Fsp3) is 0.462. The average molecular weight is 327 g/mol. The van der Waals surface area contributed by atoms with Crippen molar-refractivity contribution in [3.8, 4) is 0 Å². The minimum Gasteiger partial charge on any atom is -0.340 e. The summed E-state index contributed by atoms with van der Waals surface area (Å²) in [4.78, 5) is 13.2. The van der Waals surface area contributed by atoms with Gasteiger partial charge in [-0.2, -0.15) is 0 Å². The van der Waals surface area contributed by atoms with E-state index >= 15 is 0 Å². The summed E-state index contributed by atoms with van der Waals surface area (Å²) in [5.41, 5.74) is 0.393. The molecule has 1 unspecified atom stereocenters. The normalized spacial score (nSPS) is 20.0. The molecule has 1 fully saturated rings. The zero-order valence-electron chi connectivity index (χ0n) is 11.2. The molecule has 1 aliphatic rings. The molecule has 0 spiro atoms. The van der Waals surface area contributed by atoms with E-state index in [1.165, 1.54) is 18.0 Å². The molecule has 1 atom stereocenters. The van der Waals surface area contributed by atoms with Crippen LogP contribution in [0.2, 0.25) is 0 Å². The van der Waals surface area contributed by atoms with E-state index in [0.29, 0.717) is 5.56 Å². The van der Waals surface area contributed by atoms with Crippen molar-refractivity contribution in [2.75, 3.05) is 13.6 Å². The standard InChI is InChI=1S/C13H14F4N2O.ClH/c1-19(6-8-2-3-9(14)10(15)4-8)12(20)11-5-13(16,17)7-18-11;/h2-4,11,18H,5-7H2,1H3;1H. The summed E-state index contributed by atoms with van der Waals surface area (Å²) in [6.07, 6.45) is -0.548. The van der Waals surface area contributed by atoms with Gasteiger partial charge in [-0.1, -0.05) is 6.07 Å². The number of carbonyl (C=O) groups is 1. The second-order valence-corrected chi connectivity index (χ2v) is 4.94. The maximum atomic E-state index is 13.0. The Hall–Kier alpha value is -1.34. The van der Waals surface area contributed by atoms with E-state index in [-0.39, 0.29) is 19.0 Å². The van der Waals surface area contributed by atoms with Gasteiger partial charge >= 0.3 is 0 Å². The molecule has 118 valence electrons. The lowest BCUT2D eigenvalue weighted by atomic mass is 10.1. The van der Waals surface area contributed by atoms with E-state index < -0.39 is 42.5 Å². The highest BCUT2D eigenvalue weighted by molar-refractivity contribution is 5.85. The number of hydrogen-bond acceptors (Lipinski definition) is 2. The van der Waals surface area contributed by atoms with Crippen molar-refractivity contribution < 1.29 is 22.4 Å². The Bertz CT molecular complexity index is 527. The number of likely N-dealkylation sites (N-methyl/N-ethyl adjacent to an activating group) is 1. The lowest BCUT2D eigenvalue weighted by molar-refractivity contribution is -0.132. The number of alkyl halides is 2. The van der Waals surface area contributed by atoms with Crippen LogP contribution in [0, 0.1) is 11.6 Å². The topological polar surface area (TPSA) is 32.3 Å². The smallest absolute Gasteiger partial charge is 0.262 e. The van der Waals surface area contributed by atoms with Gasteiger partial charge in [0.25, 0.3) is 5.92 Å². The summed E-state index contributed by atoms with van der Waals surface area (Å²) in [5.74, 6) is -5.36. The molecule has 0 aliphatic carbocycles. The van der Waals surface area contributed by atoms with Crippen LogP contribution < -0.4 is 5.32 Å². The molecule has 0 aromatic heterocycles. The SMILES string of the molecule is CN(Cc1ccc(F)c(F)c1)C(=O)C1CC(F)(F)CN1.Cl. The lowest BCUT2D eigenvalue weighted by Crippen LogP contribution is -2.41.